The summed E-state index contributed by atoms with van der Waals surface area (Å²) in [6.07, 6.45) is 0. The van der Waals surface area contributed by atoms with E-state index in [4.69, 9.17) is 5.11 Å². The first kappa shape index (κ1) is 17.7. The minimum Gasteiger partial charge on any atom is -0.478 e. The van der Waals surface area contributed by atoms with Gasteiger partial charge in [0.15, 0.2) is 0 Å². The molecule has 1 aromatic rings. The van der Waals surface area contributed by atoms with Gasteiger partial charge in [0.1, 0.15) is 0 Å². The van der Waals surface area contributed by atoms with Crippen LogP contribution in [0.2, 0.25) is 0 Å². The van der Waals surface area contributed by atoms with Gasteiger partial charge in [0.25, 0.3) is 0 Å². The van der Waals surface area contributed by atoms with Crippen molar-refractivity contribution in [2.45, 2.75) is 48.1 Å². The molecule has 0 spiro atoms. The van der Waals surface area contributed by atoms with Crippen LogP contribution in [0.3, 0.4) is 0 Å². The van der Waals surface area contributed by atoms with E-state index in [1.807, 2.05) is 12.1 Å². The van der Waals surface area contributed by atoms with Crippen molar-refractivity contribution in [3.8, 4) is 0 Å². The van der Waals surface area contributed by atoms with Crippen LogP contribution in [-0.4, -0.2) is 29.1 Å². The third-order valence-corrected chi connectivity index (χ3v) is 3.00. The predicted molar refractivity (Wildman–Crippen MR) is 87.6 cm³/mol. The summed E-state index contributed by atoms with van der Waals surface area (Å²) >= 11 is 0. The van der Waals surface area contributed by atoms with Crippen LogP contribution < -0.4 is 0 Å². The largest absolute Gasteiger partial charge is 0.478 e. The lowest BCUT2D eigenvalue weighted by Gasteiger charge is -2.34. The molecule has 1 N–H and O–H groups in total. The third-order valence-electron chi connectivity index (χ3n) is 3.00. The highest BCUT2D eigenvalue weighted by molar-refractivity contribution is 5.87. The minimum absolute atomic E-state index is 0.242. The molecule has 1 rings (SSSR count). The van der Waals surface area contributed by atoms with Crippen molar-refractivity contribution in [1.82, 2.24) is 4.90 Å². The zero-order chi connectivity index (χ0) is 16.3. The summed E-state index contributed by atoms with van der Waals surface area (Å²) in [5, 5.41) is 8.95. The fourth-order valence-electron chi connectivity index (χ4n) is 2.52. The van der Waals surface area contributed by atoms with Gasteiger partial charge in [-0.05, 0) is 28.5 Å². The van der Waals surface area contributed by atoms with Crippen molar-refractivity contribution in [2.24, 2.45) is 10.8 Å². The van der Waals surface area contributed by atoms with Crippen LogP contribution in [0.4, 0.5) is 0 Å². The van der Waals surface area contributed by atoms with Crippen LogP contribution in [0.25, 0.3) is 0 Å². The van der Waals surface area contributed by atoms with Gasteiger partial charge in [-0.15, -0.1) is 0 Å². The van der Waals surface area contributed by atoms with Crippen LogP contribution in [0.5, 0.6) is 0 Å². The second-order valence-corrected chi connectivity index (χ2v) is 8.27. The quantitative estimate of drug-likeness (QED) is 0.880. The van der Waals surface area contributed by atoms with Crippen LogP contribution in [0.1, 0.15) is 57.5 Å². The number of carboxylic acids is 1. The molecule has 0 saturated carbocycles. The van der Waals surface area contributed by atoms with E-state index in [0.717, 1.165) is 25.2 Å². The topological polar surface area (TPSA) is 40.5 Å². The highest BCUT2D eigenvalue weighted by Crippen LogP contribution is 2.22. The molecule has 118 valence electrons. The predicted octanol–water partition coefficient (Wildman–Crippen LogP) is 4.28. The van der Waals surface area contributed by atoms with Crippen molar-refractivity contribution in [1.29, 1.82) is 0 Å². The van der Waals surface area contributed by atoms with Crippen LogP contribution in [-0.2, 0) is 6.54 Å². The molecule has 3 nitrogen and oxygen atoms in total. The molecular weight excluding hydrogens is 262 g/mol. The molecule has 0 aliphatic carbocycles. The number of hydrogen-bond donors (Lipinski definition) is 1. The molecule has 0 amide bonds. The lowest BCUT2D eigenvalue weighted by molar-refractivity contribution is 0.0697. The van der Waals surface area contributed by atoms with E-state index in [-0.39, 0.29) is 10.8 Å². The summed E-state index contributed by atoms with van der Waals surface area (Å²) in [6.45, 7) is 16.4. The van der Waals surface area contributed by atoms with Crippen LogP contribution >= 0.6 is 0 Å². The Labute approximate surface area is 129 Å². The zero-order valence-corrected chi connectivity index (χ0v) is 14.2. The average molecular weight is 291 g/mol. The Morgan fingerprint density at radius 1 is 0.952 bits per heavy atom. The van der Waals surface area contributed by atoms with Gasteiger partial charge in [-0.1, -0.05) is 53.7 Å². The summed E-state index contributed by atoms with van der Waals surface area (Å²) in [6, 6.07) is 7.21. The molecule has 0 fully saturated rings. The smallest absolute Gasteiger partial charge is 0.335 e. The summed E-state index contributed by atoms with van der Waals surface area (Å²) < 4.78 is 0. The van der Waals surface area contributed by atoms with Crippen molar-refractivity contribution in [3.63, 3.8) is 0 Å². The monoisotopic (exact) mass is 291 g/mol. The number of hydrogen-bond acceptors (Lipinski definition) is 2. The standard InChI is InChI=1S/C18H29NO2/c1-17(2,3)12-19(13-18(4,5)6)11-14-7-9-15(10-8-14)16(20)21/h7-10H,11-13H2,1-6H3,(H,20,21). The van der Waals surface area contributed by atoms with E-state index >= 15 is 0 Å². The number of aromatic carboxylic acids is 1. The maximum atomic E-state index is 10.9. The first-order valence-corrected chi connectivity index (χ1v) is 7.51. The molecular formula is C18H29NO2. The second-order valence-electron chi connectivity index (χ2n) is 8.27. The molecule has 0 aromatic heterocycles. The summed E-state index contributed by atoms with van der Waals surface area (Å²) in [5.74, 6) is -0.872. The first-order valence-electron chi connectivity index (χ1n) is 7.51. The van der Waals surface area contributed by atoms with Crippen molar-refractivity contribution < 1.29 is 9.90 Å². The molecule has 0 heterocycles. The van der Waals surface area contributed by atoms with E-state index < -0.39 is 5.97 Å². The molecule has 0 radical (unpaired) electrons. The van der Waals surface area contributed by atoms with Crippen LogP contribution in [0, 0.1) is 10.8 Å². The molecule has 0 atom stereocenters. The van der Waals surface area contributed by atoms with Gasteiger partial charge in [0.05, 0.1) is 5.56 Å². The highest BCUT2D eigenvalue weighted by atomic mass is 16.4. The van der Waals surface area contributed by atoms with E-state index in [9.17, 15) is 4.79 Å². The molecule has 0 saturated heterocycles. The van der Waals surface area contributed by atoms with Gasteiger partial charge in [0.2, 0.25) is 0 Å². The second kappa shape index (κ2) is 6.61. The summed E-state index contributed by atoms with van der Waals surface area (Å²) in [4.78, 5) is 13.4. The molecule has 0 aliphatic heterocycles. The number of carbonyl (C=O) groups is 1. The summed E-state index contributed by atoms with van der Waals surface area (Å²) in [5.41, 5.74) is 1.99. The van der Waals surface area contributed by atoms with Crippen LogP contribution in [0.15, 0.2) is 24.3 Å². The van der Waals surface area contributed by atoms with E-state index in [2.05, 4.69) is 46.4 Å². The SMILES string of the molecule is CC(C)(C)CN(Cc1ccc(C(=O)O)cc1)CC(C)(C)C. The van der Waals surface area contributed by atoms with Gasteiger partial charge in [0, 0.05) is 19.6 Å². The summed E-state index contributed by atoms with van der Waals surface area (Å²) in [7, 11) is 0. The number of rotatable bonds is 5. The first-order chi connectivity index (χ1) is 9.46. The normalized spacial score (nSPS) is 12.7. The van der Waals surface area contributed by atoms with Crippen molar-refractivity contribution in [2.75, 3.05) is 13.1 Å². The average Bonchev–Trinajstić information content (AvgIpc) is 2.24. The fourth-order valence-corrected chi connectivity index (χ4v) is 2.52. The molecule has 21 heavy (non-hydrogen) atoms. The molecule has 0 aliphatic rings. The molecule has 0 unspecified atom stereocenters. The van der Waals surface area contributed by atoms with Gasteiger partial charge in [-0.25, -0.2) is 4.79 Å². The lowest BCUT2D eigenvalue weighted by Crippen LogP contribution is -2.38. The highest BCUT2D eigenvalue weighted by Gasteiger charge is 2.21. The zero-order valence-electron chi connectivity index (χ0n) is 14.2. The van der Waals surface area contributed by atoms with Gasteiger partial charge in [-0.3, -0.25) is 4.90 Å². The molecule has 1 aromatic carbocycles. The van der Waals surface area contributed by atoms with Gasteiger partial charge < -0.3 is 5.11 Å². The number of benzene rings is 1. The van der Waals surface area contributed by atoms with E-state index in [1.54, 1.807) is 12.1 Å². The fraction of sp³-hybridized carbons (Fsp3) is 0.611. The Morgan fingerprint density at radius 2 is 1.38 bits per heavy atom. The van der Waals surface area contributed by atoms with Crippen molar-refractivity contribution >= 4 is 5.97 Å². The number of nitrogens with zero attached hydrogens (tertiary/aromatic N) is 1. The maximum absolute atomic E-state index is 10.9. The lowest BCUT2D eigenvalue weighted by atomic mass is 9.91. The Morgan fingerprint density at radius 3 is 1.71 bits per heavy atom. The Balaban J connectivity index is 2.82. The Kier molecular flexibility index (Phi) is 5.57. The Bertz CT molecular complexity index is 447. The van der Waals surface area contributed by atoms with Gasteiger partial charge >= 0.3 is 5.97 Å². The van der Waals surface area contributed by atoms with E-state index in [1.165, 1.54) is 0 Å². The third kappa shape index (κ3) is 7.28. The number of carboxylic acid groups (broad SMARTS) is 1. The minimum atomic E-state index is -0.872. The molecule has 3 heteroatoms. The van der Waals surface area contributed by atoms with Gasteiger partial charge in [-0.2, -0.15) is 0 Å². The molecule has 0 bridgehead atoms. The Hall–Kier alpha value is -1.35. The maximum Gasteiger partial charge on any atom is 0.335 e. The van der Waals surface area contributed by atoms with Crippen molar-refractivity contribution in [3.05, 3.63) is 35.4 Å². The van der Waals surface area contributed by atoms with E-state index in [0.29, 0.717) is 5.56 Å².